The zero-order valence-corrected chi connectivity index (χ0v) is 11.1. The normalized spacial score (nSPS) is 20.1. The van der Waals surface area contributed by atoms with Crippen LogP contribution < -0.4 is 9.88 Å². The van der Waals surface area contributed by atoms with E-state index in [9.17, 15) is 12.8 Å². The molecule has 1 aliphatic rings. The number of sulfonamides is 1. The van der Waals surface area contributed by atoms with Gasteiger partial charge in [-0.2, -0.15) is 0 Å². The lowest BCUT2D eigenvalue weighted by Crippen LogP contribution is -2.44. The Hall–Kier alpha value is -1.14. The summed E-state index contributed by atoms with van der Waals surface area (Å²) in [6, 6.07) is 4.15. The van der Waals surface area contributed by atoms with Crippen LogP contribution in [0.4, 0.5) is 4.39 Å². The lowest BCUT2D eigenvalue weighted by atomic mass is 9.83. The third-order valence-electron chi connectivity index (χ3n) is 3.59. The van der Waals surface area contributed by atoms with Gasteiger partial charge < -0.3 is 4.74 Å². The molecule has 1 atom stereocenters. The summed E-state index contributed by atoms with van der Waals surface area (Å²) in [5.41, 5.74) is 0.696. The van der Waals surface area contributed by atoms with E-state index in [1.165, 1.54) is 12.1 Å². The molecule has 0 saturated carbocycles. The second-order valence-corrected chi connectivity index (χ2v) is 7.16. The first-order valence-corrected chi connectivity index (χ1v) is 7.22. The SMILES string of the molecule is CC(C)([C@H]1CCOc2cc(F)ccc21)S(N)(=O)=O. The Balaban J connectivity index is 2.52. The van der Waals surface area contributed by atoms with Crippen molar-refractivity contribution in [2.75, 3.05) is 6.61 Å². The van der Waals surface area contributed by atoms with Crippen molar-refractivity contribution in [2.45, 2.75) is 30.9 Å². The summed E-state index contributed by atoms with van der Waals surface area (Å²) in [6.45, 7) is 3.54. The van der Waals surface area contributed by atoms with E-state index in [1.807, 2.05) is 0 Å². The Morgan fingerprint density at radius 3 is 2.72 bits per heavy atom. The average Bonchev–Trinajstić information content (AvgIpc) is 2.26. The second kappa shape index (κ2) is 4.20. The van der Waals surface area contributed by atoms with Gasteiger partial charge >= 0.3 is 0 Å². The first-order valence-electron chi connectivity index (χ1n) is 5.68. The molecule has 0 unspecified atom stereocenters. The molecular weight excluding hydrogens is 257 g/mol. The highest BCUT2D eigenvalue weighted by atomic mass is 32.2. The van der Waals surface area contributed by atoms with Crippen molar-refractivity contribution >= 4 is 10.0 Å². The smallest absolute Gasteiger partial charge is 0.214 e. The van der Waals surface area contributed by atoms with E-state index in [0.29, 0.717) is 24.3 Å². The predicted octanol–water partition coefficient (Wildman–Crippen LogP) is 1.76. The maximum atomic E-state index is 13.1. The summed E-state index contributed by atoms with van der Waals surface area (Å²) >= 11 is 0. The molecule has 2 rings (SSSR count). The fourth-order valence-corrected chi connectivity index (χ4v) is 2.93. The number of hydrogen-bond donors (Lipinski definition) is 1. The van der Waals surface area contributed by atoms with Crippen LogP contribution in [0.5, 0.6) is 5.75 Å². The molecular formula is C12H16FNO3S. The number of benzene rings is 1. The van der Waals surface area contributed by atoms with Gasteiger partial charge in [0.15, 0.2) is 0 Å². The van der Waals surface area contributed by atoms with E-state index in [2.05, 4.69) is 0 Å². The predicted molar refractivity (Wildman–Crippen MR) is 66.4 cm³/mol. The number of nitrogens with two attached hydrogens (primary N) is 1. The van der Waals surface area contributed by atoms with Crippen LogP contribution >= 0.6 is 0 Å². The molecule has 1 heterocycles. The summed E-state index contributed by atoms with van der Waals surface area (Å²) in [7, 11) is -3.70. The summed E-state index contributed by atoms with van der Waals surface area (Å²) in [6.07, 6.45) is 0.544. The molecule has 2 N–H and O–H groups in total. The molecule has 0 aromatic heterocycles. The third-order valence-corrected chi connectivity index (χ3v) is 5.34. The molecule has 0 saturated heterocycles. The summed E-state index contributed by atoms with van der Waals surface area (Å²) in [5, 5.41) is 5.29. The van der Waals surface area contributed by atoms with Crippen molar-refractivity contribution in [2.24, 2.45) is 5.14 Å². The molecule has 1 aromatic rings. The van der Waals surface area contributed by atoms with Crippen molar-refractivity contribution in [3.63, 3.8) is 0 Å². The largest absolute Gasteiger partial charge is 0.493 e. The van der Waals surface area contributed by atoms with Gasteiger partial charge in [0.1, 0.15) is 11.6 Å². The average molecular weight is 273 g/mol. The third kappa shape index (κ3) is 2.10. The van der Waals surface area contributed by atoms with E-state index in [0.717, 1.165) is 0 Å². The van der Waals surface area contributed by atoms with Gasteiger partial charge in [0.2, 0.25) is 10.0 Å². The molecule has 0 spiro atoms. The van der Waals surface area contributed by atoms with Crippen molar-refractivity contribution in [3.05, 3.63) is 29.6 Å². The van der Waals surface area contributed by atoms with E-state index < -0.39 is 20.6 Å². The Morgan fingerprint density at radius 1 is 1.44 bits per heavy atom. The first kappa shape index (κ1) is 13.3. The minimum Gasteiger partial charge on any atom is -0.493 e. The molecule has 1 aromatic carbocycles. The molecule has 0 fully saturated rings. The minimum atomic E-state index is -3.70. The zero-order chi connectivity index (χ0) is 13.6. The lowest BCUT2D eigenvalue weighted by Gasteiger charge is -2.36. The minimum absolute atomic E-state index is 0.295. The Morgan fingerprint density at radius 2 is 2.11 bits per heavy atom. The van der Waals surface area contributed by atoms with Crippen LogP contribution in [0.3, 0.4) is 0 Å². The van der Waals surface area contributed by atoms with Crippen molar-refractivity contribution in [3.8, 4) is 5.75 Å². The second-order valence-electron chi connectivity index (χ2n) is 5.02. The molecule has 100 valence electrons. The number of ether oxygens (including phenoxy) is 1. The van der Waals surface area contributed by atoms with E-state index in [-0.39, 0.29) is 5.92 Å². The van der Waals surface area contributed by atoms with Crippen molar-refractivity contribution in [1.82, 2.24) is 0 Å². The van der Waals surface area contributed by atoms with Crippen LogP contribution in [0.15, 0.2) is 18.2 Å². The Bertz CT molecular complexity index is 569. The molecule has 0 bridgehead atoms. The number of rotatable bonds is 2. The monoisotopic (exact) mass is 273 g/mol. The van der Waals surface area contributed by atoms with Gasteiger partial charge in [-0.25, -0.2) is 17.9 Å². The standard InChI is InChI=1S/C12H16FNO3S/c1-12(2,18(14,15)16)10-5-6-17-11-7-8(13)3-4-9(10)11/h3-4,7,10H,5-6H2,1-2H3,(H2,14,15,16)/t10-/m0/s1. The van der Waals surface area contributed by atoms with Crippen LogP contribution in [-0.4, -0.2) is 19.8 Å². The zero-order valence-electron chi connectivity index (χ0n) is 10.3. The first-order chi connectivity index (χ1) is 8.23. The van der Waals surface area contributed by atoms with E-state index >= 15 is 0 Å². The fraction of sp³-hybridized carbons (Fsp3) is 0.500. The molecule has 0 radical (unpaired) electrons. The molecule has 6 heteroatoms. The van der Waals surface area contributed by atoms with Gasteiger partial charge in [0.05, 0.1) is 11.4 Å². The molecule has 0 aliphatic carbocycles. The topological polar surface area (TPSA) is 69.4 Å². The highest BCUT2D eigenvalue weighted by molar-refractivity contribution is 7.90. The molecule has 4 nitrogen and oxygen atoms in total. The number of primary sulfonamides is 1. The van der Waals surface area contributed by atoms with E-state index in [1.54, 1.807) is 19.9 Å². The lowest BCUT2D eigenvalue weighted by molar-refractivity contribution is 0.250. The van der Waals surface area contributed by atoms with Crippen LogP contribution in [0.1, 0.15) is 31.7 Å². The van der Waals surface area contributed by atoms with Crippen LogP contribution in [0.2, 0.25) is 0 Å². The van der Waals surface area contributed by atoms with Gasteiger partial charge in [-0.1, -0.05) is 6.07 Å². The van der Waals surface area contributed by atoms with Crippen LogP contribution in [0.25, 0.3) is 0 Å². The van der Waals surface area contributed by atoms with Gasteiger partial charge in [-0.3, -0.25) is 0 Å². The summed E-state index contributed by atoms with van der Waals surface area (Å²) < 4.78 is 40.8. The van der Waals surface area contributed by atoms with Crippen molar-refractivity contribution in [1.29, 1.82) is 0 Å². The molecule has 0 amide bonds. The highest BCUT2D eigenvalue weighted by Crippen LogP contribution is 2.43. The van der Waals surface area contributed by atoms with Crippen LogP contribution in [0, 0.1) is 5.82 Å². The number of fused-ring (bicyclic) bond motifs is 1. The fourth-order valence-electron chi connectivity index (χ4n) is 2.28. The van der Waals surface area contributed by atoms with Crippen molar-refractivity contribution < 1.29 is 17.5 Å². The maximum absolute atomic E-state index is 13.1. The molecule has 18 heavy (non-hydrogen) atoms. The summed E-state index contributed by atoms with van der Waals surface area (Å²) in [5.74, 6) is -0.289. The summed E-state index contributed by atoms with van der Waals surface area (Å²) in [4.78, 5) is 0. The van der Waals surface area contributed by atoms with Crippen LogP contribution in [-0.2, 0) is 10.0 Å². The van der Waals surface area contributed by atoms with Gasteiger partial charge in [0, 0.05) is 12.0 Å². The maximum Gasteiger partial charge on any atom is 0.214 e. The van der Waals surface area contributed by atoms with Gasteiger partial charge in [-0.15, -0.1) is 0 Å². The van der Waals surface area contributed by atoms with Gasteiger partial charge in [-0.05, 0) is 31.9 Å². The molecule has 1 aliphatic heterocycles. The Labute approximate surface area is 106 Å². The van der Waals surface area contributed by atoms with E-state index in [4.69, 9.17) is 9.88 Å². The Kier molecular flexibility index (Phi) is 3.11. The number of hydrogen-bond acceptors (Lipinski definition) is 3. The highest BCUT2D eigenvalue weighted by Gasteiger charge is 2.43. The van der Waals surface area contributed by atoms with Gasteiger partial charge in [0.25, 0.3) is 0 Å². The number of halogens is 1. The quantitative estimate of drug-likeness (QED) is 0.892.